The van der Waals surface area contributed by atoms with Gasteiger partial charge in [-0.25, -0.2) is 0 Å². The summed E-state index contributed by atoms with van der Waals surface area (Å²) in [6.07, 6.45) is -6.56. The highest BCUT2D eigenvalue weighted by Gasteiger charge is 2.76. The molecule has 0 radical (unpaired) electrons. The predicted molar refractivity (Wildman–Crippen MR) is 63.5 cm³/mol. The summed E-state index contributed by atoms with van der Waals surface area (Å²) in [4.78, 5) is 11.1. The number of anilines is 1. The minimum absolute atomic E-state index is 0.0574. The molecule has 118 valence electrons. The molecule has 1 aromatic rings. The van der Waals surface area contributed by atoms with E-state index in [1.54, 1.807) is 6.92 Å². The van der Waals surface area contributed by atoms with Crippen molar-refractivity contribution in [2.24, 2.45) is 0 Å². The lowest BCUT2D eigenvalue weighted by molar-refractivity contribution is -0.343. The maximum atomic E-state index is 13.1. The van der Waals surface area contributed by atoms with Gasteiger partial charge in [0.1, 0.15) is 0 Å². The molecule has 0 fully saturated rings. The molecule has 0 saturated heterocycles. The van der Waals surface area contributed by atoms with Gasteiger partial charge in [-0.05, 0) is 40.5 Å². The molecule has 1 rings (SSSR count). The van der Waals surface area contributed by atoms with Crippen LogP contribution in [0, 0.1) is 6.92 Å². The van der Waals surface area contributed by atoms with Crippen LogP contribution in [0.25, 0.3) is 0 Å². The van der Waals surface area contributed by atoms with Crippen molar-refractivity contribution in [3.63, 3.8) is 0 Å². The van der Waals surface area contributed by atoms with E-state index >= 15 is 0 Å². The van der Waals surface area contributed by atoms with Crippen molar-refractivity contribution in [2.75, 3.05) is 5.32 Å². The third kappa shape index (κ3) is 3.30. The minimum atomic E-state index is -6.56. The van der Waals surface area contributed by atoms with Crippen LogP contribution in [0.3, 0.4) is 0 Å². The van der Waals surface area contributed by atoms with Gasteiger partial charge in [0.05, 0.1) is 5.69 Å². The van der Waals surface area contributed by atoms with E-state index in [1.165, 1.54) is 17.4 Å². The van der Waals surface area contributed by atoms with Gasteiger partial charge < -0.3 is 5.32 Å². The van der Waals surface area contributed by atoms with E-state index in [9.17, 15) is 35.5 Å². The zero-order valence-electron chi connectivity index (χ0n) is 10.2. The predicted octanol–water partition coefficient (Wildman–Crippen LogP) is 4.53. The lowest BCUT2D eigenvalue weighted by Crippen LogP contribution is -2.57. The summed E-state index contributed by atoms with van der Waals surface area (Å²) < 4.78 is 87.4. The topological polar surface area (TPSA) is 29.1 Å². The molecule has 0 aliphatic heterocycles. The molecule has 0 bridgehead atoms. The first kappa shape index (κ1) is 17.7. The summed E-state index contributed by atoms with van der Waals surface area (Å²) in [6, 6.07) is 3.79. The van der Waals surface area contributed by atoms with Crippen molar-refractivity contribution in [2.45, 2.75) is 24.9 Å². The fourth-order valence-electron chi connectivity index (χ4n) is 1.24. The first-order valence-electron chi connectivity index (χ1n) is 5.20. The molecule has 0 saturated carbocycles. The minimum Gasteiger partial charge on any atom is -0.320 e. The molecule has 0 atom stereocenters. The Labute approximate surface area is 122 Å². The van der Waals surface area contributed by atoms with Crippen molar-refractivity contribution < 1.29 is 35.5 Å². The number of carbonyl (C=O) groups excluding carboxylic acids is 1. The Morgan fingerprint density at radius 2 is 1.62 bits per heavy atom. The van der Waals surface area contributed by atoms with Crippen LogP contribution in [0.1, 0.15) is 5.56 Å². The number of aryl methyl sites for hydroxylation is 1. The second-order valence-corrected chi connectivity index (χ2v) is 4.94. The van der Waals surface area contributed by atoms with Gasteiger partial charge in [-0.1, -0.05) is 6.07 Å². The lowest BCUT2D eigenvalue weighted by atomic mass is 10.1. The lowest BCUT2D eigenvalue weighted by Gasteiger charge is -2.27. The van der Waals surface area contributed by atoms with Crippen LogP contribution in [0.15, 0.2) is 22.7 Å². The van der Waals surface area contributed by atoms with Crippen LogP contribution in [0.4, 0.5) is 36.4 Å². The van der Waals surface area contributed by atoms with E-state index in [0.717, 1.165) is 6.07 Å². The Kier molecular flexibility index (Phi) is 4.62. The smallest absolute Gasteiger partial charge is 0.320 e. The fourth-order valence-corrected chi connectivity index (χ4v) is 1.84. The van der Waals surface area contributed by atoms with Gasteiger partial charge in [0.15, 0.2) is 0 Å². The maximum absolute atomic E-state index is 13.1. The van der Waals surface area contributed by atoms with E-state index < -0.39 is 23.9 Å². The number of amides is 1. The molecular formula is C11H7BrF7NO. The van der Waals surface area contributed by atoms with Crippen LogP contribution in [0.5, 0.6) is 0 Å². The molecule has 0 aliphatic carbocycles. The van der Waals surface area contributed by atoms with Crippen molar-refractivity contribution in [1.29, 1.82) is 0 Å². The second-order valence-electron chi connectivity index (χ2n) is 4.08. The summed E-state index contributed by atoms with van der Waals surface area (Å²) in [5.74, 6) is -15.2. The molecule has 1 N–H and O–H groups in total. The van der Waals surface area contributed by atoms with Crippen LogP contribution in [-0.4, -0.2) is 23.9 Å². The SMILES string of the molecule is Cc1ccc(NC(=O)C(F)(F)C(F)(F)C(F)(F)F)c(Br)c1. The van der Waals surface area contributed by atoms with Gasteiger partial charge in [-0.2, -0.15) is 30.7 Å². The van der Waals surface area contributed by atoms with Crippen LogP contribution in [0.2, 0.25) is 0 Å². The molecule has 1 aromatic carbocycles. The summed E-state index contributed by atoms with van der Waals surface area (Å²) in [6.45, 7) is 1.61. The molecule has 0 aliphatic rings. The molecule has 0 unspecified atom stereocenters. The Hall–Kier alpha value is -1.32. The Morgan fingerprint density at radius 3 is 2.05 bits per heavy atom. The number of nitrogens with one attached hydrogen (secondary N) is 1. The zero-order chi connectivity index (χ0) is 16.6. The average molecular weight is 382 g/mol. The summed E-state index contributed by atoms with van der Waals surface area (Å²) in [7, 11) is 0. The molecular weight excluding hydrogens is 375 g/mol. The third-order valence-electron chi connectivity index (χ3n) is 2.41. The monoisotopic (exact) mass is 381 g/mol. The van der Waals surface area contributed by atoms with E-state index in [1.807, 2.05) is 0 Å². The highest BCUT2D eigenvalue weighted by atomic mass is 79.9. The average Bonchev–Trinajstić information content (AvgIpc) is 2.30. The quantitative estimate of drug-likeness (QED) is 0.765. The number of benzene rings is 1. The van der Waals surface area contributed by atoms with E-state index in [-0.39, 0.29) is 10.2 Å². The third-order valence-corrected chi connectivity index (χ3v) is 3.06. The molecule has 0 aromatic heterocycles. The highest BCUT2D eigenvalue weighted by molar-refractivity contribution is 9.10. The van der Waals surface area contributed by atoms with Crippen molar-refractivity contribution >= 4 is 27.5 Å². The van der Waals surface area contributed by atoms with E-state index in [4.69, 9.17) is 0 Å². The van der Waals surface area contributed by atoms with Crippen molar-refractivity contribution in [3.05, 3.63) is 28.2 Å². The van der Waals surface area contributed by atoms with Crippen LogP contribution >= 0.6 is 15.9 Å². The Morgan fingerprint density at radius 1 is 1.10 bits per heavy atom. The number of hydrogen-bond acceptors (Lipinski definition) is 1. The van der Waals surface area contributed by atoms with Gasteiger partial charge in [-0.15, -0.1) is 0 Å². The summed E-state index contributed by atoms with van der Waals surface area (Å²) in [5.41, 5.74) is 0.288. The molecule has 2 nitrogen and oxygen atoms in total. The van der Waals surface area contributed by atoms with Crippen molar-refractivity contribution in [3.8, 4) is 0 Å². The molecule has 1 amide bonds. The van der Waals surface area contributed by atoms with Crippen molar-refractivity contribution in [1.82, 2.24) is 0 Å². The standard InChI is InChI=1S/C11H7BrF7NO/c1-5-2-3-7(6(12)4-5)20-8(21)9(13,14)10(15,16)11(17,18)19/h2-4H,1H3,(H,20,21). The fraction of sp³-hybridized carbons (Fsp3) is 0.364. The first-order valence-corrected chi connectivity index (χ1v) is 6.00. The number of hydrogen-bond donors (Lipinski definition) is 1. The Bertz CT molecular complexity index is 556. The molecule has 0 heterocycles. The largest absolute Gasteiger partial charge is 0.460 e. The molecule has 10 heteroatoms. The normalized spacial score (nSPS) is 13.2. The van der Waals surface area contributed by atoms with Gasteiger partial charge in [-0.3, -0.25) is 4.79 Å². The van der Waals surface area contributed by atoms with Gasteiger partial charge in [0, 0.05) is 4.47 Å². The van der Waals surface area contributed by atoms with Gasteiger partial charge in [0.2, 0.25) is 0 Å². The number of carbonyl (C=O) groups is 1. The summed E-state index contributed by atoms with van der Waals surface area (Å²) >= 11 is 2.86. The number of rotatable bonds is 3. The number of alkyl halides is 7. The van der Waals surface area contributed by atoms with Gasteiger partial charge in [0.25, 0.3) is 0 Å². The maximum Gasteiger partial charge on any atom is 0.460 e. The summed E-state index contributed by atoms with van der Waals surface area (Å²) in [5, 5.41) is 1.34. The molecule has 0 spiro atoms. The van der Waals surface area contributed by atoms with Gasteiger partial charge >= 0.3 is 23.9 Å². The van der Waals surface area contributed by atoms with Crippen LogP contribution in [-0.2, 0) is 4.79 Å². The second kappa shape index (κ2) is 5.47. The Balaban J connectivity index is 3.07. The van der Waals surface area contributed by atoms with E-state index in [2.05, 4.69) is 15.9 Å². The molecule has 21 heavy (non-hydrogen) atoms. The van der Waals surface area contributed by atoms with Crippen LogP contribution < -0.4 is 5.32 Å². The first-order chi connectivity index (χ1) is 9.30. The highest BCUT2D eigenvalue weighted by Crippen LogP contribution is 2.47. The number of halogens is 8. The van der Waals surface area contributed by atoms with E-state index in [0.29, 0.717) is 5.56 Å². The zero-order valence-corrected chi connectivity index (χ0v) is 11.8.